The van der Waals surface area contributed by atoms with Crippen molar-refractivity contribution in [2.45, 2.75) is 64.5 Å². The number of likely N-dealkylation sites (N-methyl/N-ethyl adjacent to an activating group) is 1. The number of carbonyl (C=O) groups excluding carboxylic acids is 1. The molecule has 0 aliphatic heterocycles. The molecule has 0 atom stereocenters. The van der Waals surface area contributed by atoms with E-state index in [1.165, 1.54) is 12.8 Å². The van der Waals surface area contributed by atoms with Crippen LogP contribution in [0.3, 0.4) is 0 Å². The molecule has 0 spiro atoms. The fraction of sp³-hybridized carbons (Fsp3) is 0.722. The topological polar surface area (TPSA) is 82.8 Å². The monoisotopic (exact) mass is 477 g/mol. The van der Waals surface area contributed by atoms with Gasteiger partial charge in [0.1, 0.15) is 12.3 Å². The maximum absolute atomic E-state index is 11.8. The number of carbonyl (C=O) groups is 1. The van der Waals surface area contributed by atoms with Gasteiger partial charge in [0.15, 0.2) is 5.96 Å². The minimum absolute atomic E-state index is 0. The minimum atomic E-state index is -0.0671. The van der Waals surface area contributed by atoms with Crippen LogP contribution < -0.4 is 10.6 Å². The molecule has 0 radical (unpaired) electrons. The van der Waals surface area contributed by atoms with Crippen LogP contribution in [0.2, 0.25) is 0 Å². The molecule has 26 heavy (non-hydrogen) atoms. The van der Waals surface area contributed by atoms with Crippen LogP contribution in [-0.4, -0.2) is 48.4 Å². The molecule has 0 bridgehead atoms. The van der Waals surface area contributed by atoms with Gasteiger partial charge >= 0.3 is 0 Å². The quantitative estimate of drug-likeness (QED) is 0.387. The Hall–Kier alpha value is -1.32. The van der Waals surface area contributed by atoms with Crippen molar-refractivity contribution in [3.63, 3.8) is 0 Å². The van der Waals surface area contributed by atoms with E-state index >= 15 is 0 Å². The van der Waals surface area contributed by atoms with Gasteiger partial charge in [-0.25, -0.2) is 9.98 Å². The fourth-order valence-corrected chi connectivity index (χ4v) is 2.60. The number of halogens is 1. The van der Waals surface area contributed by atoms with E-state index < -0.39 is 0 Å². The van der Waals surface area contributed by atoms with Crippen molar-refractivity contribution in [3.8, 4) is 0 Å². The van der Waals surface area contributed by atoms with E-state index in [-0.39, 0.29) is 41.8 Å². The van der Waals surface area contributed by atoms with E-state index in [2.05, 4.69) is 41.4 Å². The first-order valence-corrected chi connectivity index (χ1v) is 8.96. The Balaban J connectivity index is 0.00000338. The number of aromatic nitrogens is 1. The zero-order chi connectivity index (χ0) is 18.4. The third kappa shape index (κ3) is 7.13. The van der Waals surface area contributed by atoms with Crippen LogP contribution in [0.5, 0.6) is 0 Å². The molecular formula is C18H32IN5O2. The van der Waals surface area contributed by atoms with Crippen LogP contribution in [0.15, 0.2) is 15.6 Å². The molecule has 2 rings (SSSR count). The molecule has 7 nitrogen and oxygen atoms in total. The van der Waals surface area contributed by atoms with Crippen molar-refractivity contribution in [1.29, 1.82) is 0 Å². The summed E-state index contributed by atoms with van der Waals surface area (Å²) in [6.45, 7) is 6.82. The number of guanidine groups is 1. The Labute approximate surface area is 173 Å². The lowest BCUT2D eigenvalue weighted by Gasteiger charge is -2.17. The Morgan fingerprint density at radius 3 is 2.54 bits per heavy atom. The van der Waals surface area contributed by atoms with E-state index in [0.717, 1.165) is 18.6 Å². The first-order valence-electron chi connectivity index (χ1n) is 8.96. The van der Waals surface area contributed by atoms with Crippen molar-refractivity contribution < 1.29 is 9.21 Å². The van der Waals surface area contributed by atoms with E-state index in [9.17, 15) is 4.79 Å². The first-order chi connectivity index (χ1) is 11.8. The molecule has 1 heterocycles. The van der Waals surface area contributed by atoms with Crippen LogP contribution in [0.1, 0.15) is 58.1 Å². The number of oxazole rings is 1. The third-order valence-corrected chi connectivity index (χ3v) is 4.27. The van der Waals surface area contributed by atoms with Gasteiger partial charge in [0.25, 0.3) is 0 Å². The van der Waals surface area contributed by atoms with Crippen LogP contribution in [0, 0.1) is 0 Å². The van der Waals surface area contributed by atoms with Crippen molar-refractivity contribution in [1.82, 2.24) is 20.5 Å². The highest BCUT2D eigenvalue weighted by Gasteiger charge is 2.20. The summed E-state index contributed by atoms with van der Waals surface area (Å²) < 4.78 is 5.80. The minimum Gasteiger partial charge on any atom is -0.443 e. The van der Waals surface area contributed by atoms with Crippen LogP contribution >= 0.6 is 24.0 Å². The molecule has 1 fully saturated rings. The molecule has 1 amide bonds. The molecule has 148 valence electrons. The molecule has 1 saturated carbocycles. The number of hydrogen-bond donors (Lipinski definition) is 2. The third-order valence-electron chi connectivity index (χ3n) is 4.27. The number of rotatable bonds is 5. The average Bonchev–Trinajstić information content (AvgIpc) is 3.20. The molecule has 1 aromatic heterocycles. The predicted octanol–water partition coefficient (Wildman–Crippen LogP) is 2.66. The van der Waals surface area contributed by atoms with E-state index in [4.69, 9.17) is 4.42 Å². The Kier molecular flexibility index (Phi) is 8.85. The summed E-state index contributed by atoms with van der Waals surface area (Å²) in [5, 5.41) is 6.65. The first kappa shape index (κ1) is 22.7. The average molecular weight is 477 g/mol. The summed E-state index contributed by atoms with van der Waals surface area (Å²) in [5.74, 6) is 2.08. The number of hydrogen-bond acceptors (Lipinski definition) is 4. The molecule has 2 N–H and O–H groups in total. The van der Waals surface area contributed by atoms with Gasteiger partial charge in [-0.1, -0.05) is 33.6 Å². The summed E-state index contributed by atoms with van der Waals surface area (Å²) in [6, 6.07) is 0.412. The van der Waals surface area contributed by atoms with Crippen molar-refractivity contribution in [3.05, 3.63) is 17.8 Å². The van der Waals surface area contributed by atoms with Crippen molar-refractivity contribution >= 4 is 35.8 Å². The number of aliphatic imine (C=N–C) groups is 1. The summed E-state index contributed by atoms with van der Waals surface area (Å²) in [5.41, 5.74) is -0.0671. The number of amides is 1. The Morgan fingerprint density at radius 1 is 1.35 bits per heavy atom. The normalized spacial score (nSPS) is 15.5. The zero-order valence-electron chi connectivity index (χ0n) is 16.5. The Morgan fingerprint density at radius 2 is 2.00 bits per heavy atom. The molecular weight excluding hydrogens is 445 g/mol. The summed E-state index contributed by atoms with van der Waals surface area (Å²) >= 11 is 0. The molecule has 8 heteroatoms. The molecule has 1 aliphatic rings. The zero-order valence-corrected chi connectivity index (χ0v) is 18.8. The molecule has 0 aromatic carbocycles. The lowest BCUT2D eigenvalue weighted by molar-refractivity contribution is -0.127. The van der Waals surface area contributed by atoms with Gasteiger partial charge in [0.2, 0.25) is 11.8 Å². The highest BCUT2D eigenvalue weighted by molar-refractivity contribution is 14.0. The van der Waals surface area contributed by atoms with Crippen LogP contribution in [-0.2, 0) is 16.8 Å². The smallest absolute Gasteiger partial charge is 0.243 e. The lowest BCUT2D eigenvalue weighted by atomic mass is 9.94. The molecule has 0 unspecified atom stereocenters. The second kappa shape index (κ2) is 10.1. The standard InChI is InChI=1S/C18H31N5O2.HI/c1-18(2,3)14-10-19-15(25-14)11-20-17(21-12-16(24)23(4)5)22-13-8-6-7-9-13;/h10,13H,6-9,11-12H2,1-5H3,(H2,20,21,22);1H. The number of nitrogens with one attached hydrogen (secondary N) is 2. The molecule has 1 aliphatic carbocycles. The van der Waals surface area contributed by atoms with Crippen LogP contribution in [0.4, 0.5) is 0 Å². The van der Waals surface area contributed by atoms with Gasteiger partial charge in [-0.15, -0.1) is 24.0 Å². The molecule has 0 saturated heterocycles. The van der Waals surface area contributed by atoms with Crippen LogP contribution in [0.25, 0.3) is 0 Å². The van der Waals surface area contributed by atoms with E-state index in [1.807, 2.05) is 0 Å². The number of nitrogens with zero attached hydrogens (tertiary/aromatic N) is 3. The highest BCUT2D eigenvalue weighted by Crippen LogP contribution is 2.22. The van der Waals surface area contributed by atoms with Gasteiger partial charge in [-0.2, -0.15) is 0 Å². The SMILES string of the molecule is CN(C)C(=O)CN=C(NCc1ncc(C(C)(C)C)o1)NC1CCCC1.I. The summed E-state index contributed by atoms with van der Waals surface area (Å²) in [4.78, 5) is 22.1. The van der Waals surface area contributed by atoms with E-state index in [1.54, 1.807) is 25.2 Å². The summed E-state index contributed by atoms with van der Waals surface area (Å²) in [6.07, 6.45) is 6.51. The maximum Gasteiger partial charge on any atom is 0.243 e. The Bertz CT molecular complexity index is 601. The van der Waals surface area contributed by atoms with Gasteiger partial charge in [0, 0.05) is 25.6 Å². The molecule has 1 aromatic rings. The van der Waals surface area contributed by atoms with Gasteiger partial charge in [-0.3, -0.25) is 4.79 Å². The summed E-state index contributed by atoms with van der Waals surface area (Å²) in [7, 11) is 3.46. The largest absolute Gasteiger partial charge is 0.443 e. The van der Waals surface area contributed by atoms with Crippen molar-refractivity contribution in [2.24, 2.45) is 4.99 Å². The maximum atomic E-state index is 11.8. The lowest BCUT2D eigenvalue weighted by Crippen LogP contribution is -2.42. The van der Waals surface area contributed by atoms with E-state index in [0.29, 0.717) is 24.4 Å². The van der Waals surface area contributed by atoms with Gasteiger partial charge in [0.05, 0.1) is 12.7 Å². The second-order valence-electron chi connectivity index (χ2n) is 7.80. The second-order valence-corrected chi connectivity index (χ2v) is 7.80. The fourth-order valence-electron chi connectivity index (χ4n) is 2.60. The van der Waals surface area contributed by atoms with Gasteiger partial charge in [-0.05, 0) is 12.8 Å². The predicted molar refractivity (Wildman–Crippen MR) is 114 cm³/mol. The van der Waals surface area contributed by atoms with Crippen molar-refractivity contribution in [2.75, 3.05) is 20.6 Å². The van der Waals surface area contributed by atoms with Gasteiger partial charge < -0.3 is 20.0 Å². The highest BCUT2D eigenvalue weighted by atomic mass is 127.